The molecule has 8 heteroatoms. The van der Waals surface area contributed by atoms with Gasteiger partial charge in [0.25, 0.3) is 0 Å². The van der Waals surface area contributed by atoms with E-state index in [0.29, 0.717) is 19.7 Å². The first-order chi connectivity index (χ1) is 12.1. The molecule has 2 aromatic rings. The van der Waals surface area contributed by atoms with Crippen molar-refractivity contribution in [3.63, 3.8) is 0 Å². The minimum absolute atomic E-state index is 0.00986. The Kier molecular flexibility index (Phi) is 4.53. The highest BCUT2D eigenvalue weighted by molar-refractivity contribution is 8.01. The fraction of sp³-hybridized carbons (Fsp3) is 0.412. The van der Waals surface area contributed by atoms with Gasteiger partial charge in [0.2, 0.25) is 10.0 Å². The third-order valence-electron chi connectivity index (χ3n) is 4.57. The SMILES string of the molecule is O=S(=O)(c1cccnc1)N1CC2(C[C@@H](OCc3ccccn3)CS2)C1. The molecule has 0 saturated carbocycles. The van der Waals surface area contributed by atoms with Crippen LogP contribution in [0.3, 0.4) is 0 Å². The molecule has 2 aliphatic heterocycles. The lowest BCUT2D eigenvalue weighted by molar-refractivity contribution is 0.0380. The second-order valence-corrected chi connectivity index (χ2v) is 9.84. The maximum absolute atomic E-state index is 12.6. The molecule has 0 radical (unpaired) electrons. The van der Waals surface area contributed by atoms with Crippen LogP contribution in [-0.4, -0.2) is 52.4 Å². The van der Waals surface area contributed by atoms with Crippen molar-refractivity contribution in [1.82, 2.24) is 14.3 Å². The van der Waals surface area contributed by atoms with Gasteiger partial charge in [0.05, 0.1) is 18.4 Å². The highest BCUT2D eigenvalue weighted by Crippen LogP contribution is 2.47. The van der Waals surface area contributed by atoms with Crippen LogP contribution in [0.4, 0.5) is 0 Å². The zero-order valence-corrected chi connectivity index (χ0v) is 15.2. The third kappa shape index (κ3) is 3.44. The number of nitrogens with zero attached hydrogens (tertiary/aromatic N) is 3. The molecule has 0 aromatic carbocycles. The summed E-state index contributed by atoms with van der Waals surface area (Å²) in [5.74, 6) is 0.896. The van der Waals surface area contributed by atoms with Crippen LogP contribution in [0, 0.1) is 0 Å². The van der Waals surface area contributed by atoms with Gasteiger partial charge in [-0.2, -0.15) is 4.31 Å². The van der Waals surface area contributed by atoms with Crippen LogP contribution in [0.15, 0.2) is 53.8 Å². The molecule has 6 nitrogen and oxygen atoms in total. The minimum Gasteiger partial charge on any atom is -0.371 e. The molecular weight excluding hydrogens is 358 g/mol. The molecule has 0 amide bonds. The Hall–Kier alpha value is -1.48. The van der Waals surface area contributed by atoms with Gasteiger partial charge < -0.3 is 4.74 Å². The van der Waals surface area contributed by atoms with E-state index in [1.807, 2.05) is 30.0 Å². The lowest BCUT2D eigenvalue weighted by Gasteiger charge is -2.46. The molecule has 4 heterocycles. The Morgan fingerprint density at radius 2 is 2.12 bits per heavy atom. The summed E-state index contributed by atoms with van der Waals surface area (Å²) in [6.07, 6.45) is 5.77. The zero-order valence-electron chi connectivity index (χ0n) is 13.6. The first kappa shape index (κ1) is 17.0. The molecule has 1 spiro atoms. The van der Waals surface area contributed by atoms with Crippen LogP contribution in [0.2, 0.25) is 0 Å². The van der Waals surface area contributed by atoms with Gasteiger partial charge in [0.15, 0.2) is 0 Å². The van der Waals surface area contributed by atoms with Crippen molar-refractivity contribution in [2.24, 2.45) is 0 Å². The quantitative estimate of drug-likeness (QED) is 0.793. The topological polar surface area (TPSA) is 72.4 Å². The van der Waals surface area contributed by atoms with E-state index in [4.69, 9.17) is 4.74 Å². The highest BCUT2D eigenvalue weighted by atomic mass is 32.2. The molecule has 2 aliphatic rings. The molecule has 4 rings (SSSR count). The van der Waals surface area contributed by atoms with Gasteiger partial charge in [0, 0.05) is 42.2 Å². The van der Waals surface area contributed by atoms with Crippen LogP contribution in [0.1, 0.15) is 12.1 Å². The van der Waals surface area contributed by atoms with Crippen LogP contribution >= 0.6 is 11.8 Å². The van der Waals surface area contributed by atoms with Crippen molar-refractivity contribution in [3.05, 3.63) is 54.6 Å². The lowest BCUT2D eigenvalue weighted by Crippen LogP contribution is -2.60. The lowest BCUT2D eigenvalue weighted by atomic mass is 9.95. The number of pyridine rings is 2. The van der Waals surface area contributed by atoms with Crippen molar-refractivity contribution >= 4 is 21.8 Å². The molecule has 0 bridgehead atoms. The second-order valence-electron chi connectivity index (χ2n) is 6.41. The largest absolute Gasteiger partial charge is 0.371 e. The summed E-state index contributed by atoms with van der Waals surface area (Å²) in [6, 6.07) is 9.02. The summed E-state index contributed by atoms with van der Waals surface area (Å²) < 4.78 is 32.7. The summed E-state index contributed by atoms with van der Waals surface area (Å²) in [6.45, 7) is 1.58. The first-order valence-electron chi connectivity index (χ1n) is 8.13. The molecule has 2 saturated heterocycles. The number of rotatable bonds is 5. The molecule has 0 unspecified atom stereocenters. The number of ether oxygens (including phenoxy) is 1. The minimum atomic E-state index is -3.43. The normalized spacial score (nSPS) is 22.8. The molecule has 1 atom stereocenters. The third-order valence-corrected chi connectivity index (χ3v) is 7.92. The van der Waals surface area contributed by atoms with Gasteiger partial charge in [-0.1, -0.05) is 6.07 Å². The van der Waals surface area contributed by atoms with Crippen molar-refractivity contribution in [2.45, 2.75) is 28.8 Å². The van der Waals surface area contributed by atoms with Gasteiger partial charge in [-0.3, -0.25) is 9.97 Å². The Balaban J connectivity index is 1.33. The van der Waals surface area contributed by atoms with E-state index >= 15 is 0 Å². The van der Waals surface area contributed by atoms with Crippen molar-refractivity contribution < 1.29 is 13.2 Å². The van der Waals surface area contributed by atoms with Crippen molar-refractivity contribution in [1.29, 1.82) is 0 Å². The first-order valence-corrected chi connectivity index (χ1v) is 10.6. The van der Waals surface area contributed by atoms with E-state index in [0.717, 1.165) is 17.9 Å². The predicted octanol–water partition coefficient (Wildman–Crippen LogP) is 1.94. The Bertz CT molecular complexity index is 825. The fourth-order valence-corrected chi connectivity index (χ4v) is 6.52. The van der Waals surface area contributed by atoms with Crippen LogP contribution in [0.25, 0.3) is 0 Å². The van der Waals surface area contributed by atoms with Gasteiger partial charge in [-0.25, -0.2) is 8.42 Å². The maximum atomic E-state index is 12.6. The zero-order chi connectivity index (χ0) is 17.3. The Morgan fingerprint density at radius 1 is 1.24 bits per heavy atom. The van der Waals surface area contributed by atoms with Crippen LogP contribution in [-0.2, 0) is 21.4 Å². The maximum Gasteiger partial charge on any atom is 0.244 e. The summed E-state index contributed by atoms with van der Waals surface area (Å²) in [4.78, 5) is 8.43. The predicted molar refractivity (Wildman–Crippen MR) is 95.6 cm³/mol. The molecular formula is C17H19N3O3S2. The number of aromatic nitrogens is 2. The van der Waals surface area contributed by atoms with E-state index < -0.39 is 10.0 Å². The second kappa shape index (κ2) is 6.68. The molecule has 2 fully saturated rings. The van der Waals surface area contributed by atoms with Crippen molar-refractivity contribution in [2.75, 3.05) is 18.8 Å². The Labute approximate surface area is 151 Å². The van der Waals surface area contributed by atoms with Gasteiger partial charge in [-0.05, 0) is 30.7 Å². The van der Waals surface area contributed by atoms with E-state index in [1.165, 1.54) is 10.5 Å². The van der Waals surface area contributed by atoms with Gasteiger partial charge in [0.1, 0.15) is 4.90 Å². The van der Waals surface area contributed by atoms with E-state index in [1.54, 1.807) is 24.5 Å². The molecule has 0 N–H and O–H groups in total. The number of hydrogen-bond donors (Lipinski definition) is 0. The average Bonchev–Trinajstić information content (AvgIpc) is 3.05. The Morgan fingerprint density at radius 3 is 2.84 bits per heavy atom. The molecule has 25 heavy (non-hydrogen) atoms. The number of thioether (sulfide) groups is 1. The van der Waals surface area contributed by atoms with E-state index in [2.05, 4.69) is 9.97 Å². The van der Waals surface area contributed by atoms with Crippen LogP contribution in [0.5, 0.6) is 0 Å². The summed E-state index contributed by atoms with van der Waals surface area (Å²) in [5, 5.41) is 0. The standard InChI is InChI=1S/C17H19N3O3S2/c21-25(22,16-5-3-6-18-9-16)20-12-17(13-20)8-15(11-24-17)23-10-14-4-1-2-7-19-14/h1-7,9,15H,8,10-13H2/t15-/m1/s1. The van der Waals surface area contributed by atoms with E-state index in [9.17, 15) is 8.42 Å². The number of hydrogen-bond acceptors (Lipinski definition) is 6. The smallest absolute Gasteiger partial charge is 0.244 e. The summed E-state index contributed by atoms with van der Waals surface area (Å²) in [5.41, 5.74) is 0.919. The van der Waals surface area contributed by atoms with Gasteiger partial charge in [-0.15, -0.1) is 11.8 Å². The number of sulfonamides is 1. The highest BCUT2D eigenvalue weighted by Gasteiger charge is 2.53. The summed E-state index contributed by atoms with van der Waals surface area (Å²) >= 11 is 1.82. The van der Waals surface area contributed by atoms with Crippen LogP contribution < -0.4 is 0 Å². The molecule has 2 aromatic heterocycles. The van der Waals surface area contributed by atoms with E-state index in [-0.39, 0.29) is 15.7 Å². The average molecular weight is 377 g/mol. The monoisotopic (exact) mass is 377 g/mol. The van der Waals surface area contributed by atoms with Gasteiger partial charge >= 0.3 is 0 Å². The molecule has 132 valence electrons. The molecule has 0 aliphatic carbocycles. The summed E-state index contributed by atoms with van der Waals surface area (Å²) in [7, 11) is -3.43. The van der Waals surface area contributed by atoms with Crippen molar-refractivity contribution in [3.8, 4) is 0 Å². The fourth-order valence-electron chi connectivity index (χ4n) is 3.23.